The van der Waals surface area contributed by atoms with Crippen molar-refractivity contribution < 1.29 is 39.7 Å². The smallest absolute Gasteiger partial charge is 0.222 e. The van der Waals surface area contributed by atoms with Crippen LogP contribution in [0.5, 0.6) is 5.75 Å². The summed E-state index contributed by atoms with van der Waals surface area (Å²) in [6.07, 6.45) is -5.24. The van der Waals surface area contributed by atoms with Gasteiger partial charge in [-0.3, -0.25) is 0 Å². The monoisotopic (exact) mass is 457 g/mol. The molecule has 0 spiro atoms. The van der Waals surface area contributed by atoms with E-state index in [0.717, 1.165) is 17.7 Å². The molecule has 9 heteroatoms. The molecule has 2 aliphatic rings. The first-order valence-electron chi connectivity index (χ1n) is 10.8. The summed E-state index contributed by atoms with van der Waals surface area (Å²) >= 11 is 0. The van der Waals surface area contributed by atoms with Crippen LogP contribution in [0, 0.1) is 11.3 Å². The Morgan fingerprint density at radius 1 is 1.09 bits per heavy atom. The van der Waals surface area contributed by atoms with Crippen molar-refractivity contribution in [2.45, 2.75) is 49.1 Å². The van der Waals surface area contributed by atoms with Gasteiger partial charge in [-0.25, -0.2) is 0 Å². The fourth-order valence-electron chi connectivity index (χ4n) is 4.17. The van der Waals surface area contributed by atoms with Crippen LogP contribution in [-0.4, -0.2) is 75.9 Å². The summed E-state index contributed by atoms with van der Waals surface area (Å²) in [6, 6.07) is 14.0. The van der Waals surface area contributed by atoms with E-state index in [-0.39, 0.29) is 11.7 Å². The topological polar surface area (TPSA) is 153 Å². The molecule has 0 amide bonds. The highest BCUT2D eigenvalue weighted by Gasteiger charge is 2.53. The summed E-state index contributed by atoms with van der Waals surface area (Å²) in [5.41, 5.74) is 1.92. The number of hydrogen-bond acceptors (Lipinski definition) is 9. The minimum atomic E-state index is -2.38. The van der Waals surface area contributed by atoms with Crippen molar-refractivity contribution in [2.24, 2.45) is 0 Å². The molecule has 5 N–H and O–H groups in total. The lowest BCUT2D eigenvalue weighted by Gasteiger charge is -2.45. The molecule has 0 aromatic heterocycles. The Morgan fingerprint density at radius 3 is 2.48 bits per heavy atom. The van der Waals surface area contributed by atoms with Gasteiger partial charge in [-0.1, -0.05) is 18.2 Å². The third-order valence-electron chi connectivity index (χ3n) is 6.11. The standard InChI is InChI=1S/C24H27NO8/c25-11-15-3-4-17(24(30)23(29)22(28)21(27)20(12-26)33-24)10-16(15)9-14-1-5-18(6-2-14)32-19-7-8-31-13-19/h1-6,10,19-23,26-30H,7-9,12-13H2/t19-,20-,21-,22+,23-,24+/m1/s1. The van der Waals surface area contributed by atoms with E-state index in [1.54, 1.807) is 0 Å². The van der Waals surface area contributed by atoms with Gasteiger partial charge in [-0.15, -0.1) is 0 Å². The highest BCUT2D eigenvalue weighted by Crippen LogP contribution is 2.37. The highest BCUT2D eigenvalue weighted by molar-refractivity contribution is 5.45. The number of benzene rings is 2. The Balaban J connectivity index is 1.57. The van der Waals surface area contributed by atoms with Crippen molar-refractivity contribution >= 4 is 0 Å². The maximum atomic E-state index is 11.1. The molecule has 2 fully saturated rings. The second-order valence-corrected chi connectivity index (χ2v) is 8.37. The van der Waals surface area contributed by atoms with Crippen LogP contribution in [0.2, 0.25) is 0 Å². The van der Waals surface area contributed by atoms with E-state index in [1.807, 2.05) is 24.3 Å². The second kappa shape index (κ2) is 9.75. The van der Waals surface area contributed by atoms with Gasteiger partial charge in [0.05, 0.1) is 31.5 Å². The highest BCUT2D eigenvalue weighted by atomic mass is 16.7. The normalized spacial score (nSPS) is 31.8. The molecule has 0 bridgehead atoms. The van der Waals surface area contributed by atoms with Gasteiger partial charge in [0.15, 0.2) is 0 Å². The van der Waals surface area contributed by atoms with Crippen molar-refractivity contribution in [1.29, 1.82) is 5.26 Å². The van der Waals surface area contributed by atoms with Gasteiger partial charge >= 0.3 is 0 Å². The minimum Gasteiger partial charge on any atom is -0.488 e. The Kier molecular flexibility index (Phi) is 6.97. The molecule has 0 unspecified atom stereocenters. The molecule has 176 valence electrons. The van der Waals surface area contributed by atoms with Crippen LogP contribution in [0.15, 0.2) is 42.5 Å². The minimum absolute atomic E-state index is 0.0389. The molecule has 0 saturated carbocycles. The van der Waals surface area contributed by atoms with Crippen molar-refractivity contribution in [3.05, 3.63) is 64.7 Å². The summed E-state index contributed by atoms with van der Waals surface area (Å²) < 4.78 is 16.6. The molecule has 2 aliphatic heterocycles. The number of aliphatic hydroxyl groups excluding tert-OH is 4. The zero-order valence-corrected chi connectivity index (χ0v) is 17.9. The predicted molar refractivity (Wildman–Crippen MR) is 114 cm³/mol. The molecule has 9 nitrogen and oxygen atoms in total. The van der Waals surface area contributed by atoms with E-state index in [0.29, 0.717) is 30.8 Å². The van der Waals surface area contributed by atoms with Gasteiger partial charge in [-0.2, -0.15) is 5.26 Å². The lowest BCUT2D eigenvalue weighted by molar-refractivity contribution is -0.357. The first kappa shape index (κ1) is 23.6. The lowest BCUT2D eigenvalue weighted by atomic mass is 9.86. The van der Waals surface area contributed by atoms with Crippen molar-refractivity contribution in [3.8, 4) is 11.8 Å². The van der Waals surface area contributed by atoms with Crippen LogP contribution in [-0.2, 0) is 21.7 Å². The van der Waals surface area contributed by atoms with Crippen LogP contribution < -0.4 is 4.74 Å². The van der Waals surface area contributed by atoms with Gasteiger partial charge in [0.25, 0.3) is 0 Å². The van der Waals surface area contributed by atoms with Crippen LogP contribution in [0.1, 0.15) is 28.7 Å². The molecule has 4 rings (SSSR count). The molecular formula is C24H27NO8. The molecule has 2 saturated heterocycles. The average Bonchev–Trinajstić information content (AvgIpc) is 3.34. The largest absolute Gasteiger partial charge is 0.488 e. The third-order valence-corrected chi connectivity index (χ3v) is 6.11. The zero-order valence-electron chi connectivity index (χ0n) is 17.9. The molecular weight excluding hydrogens is 430 g/mol. The Hall–Kier alpha value is -2.55. The third kappa shape index (κ3) is 4.74. The van der Waals surface area contributed by atoms with Gasteiger partial charge in [0.2, 0.25) is 5.79 Å². The number of aliphatic hydroxyl groups is 5. The fraction of sp³-hybridized carbons (Fsp3) is 0.458. The zero-order chi connectivity index (χ0) is 23.6. The molecule has 0 radical (unpaired) electrons. The van der Waals surface area contributed by atoms with Crippen molar-refractivity contribution in [1.82, 2.24) is 0 Å². The molecule has 6 atom stereocenters. The predicted octanol–water partition coefficient (Wildman–Crippen LogP) is -0.0643. The van der Waals surface area contributed by atoms with E-state index in [2.05, 4.69) is 6.07 Å². The van der Waals surface area contributed by atoms with Crippen LogP contribution in [0.3, 0.4) is 0 Å². The number of nitriles is 1. The second-order valence-electron chi connectivity index (χ2n) is 8.37. The summed E-state index contributed by atoms with van der Waals surface area (Å²) in [5.74, 6) is -1.66. The van der Waals surface area contributed by atoms with E-state index < -0.39 is 36.8 Å². The number of nitrogens with zero attached hydrogens (tertiary/aromatic N) is 1. The summed E-state index contributed by atoms with van der Waals surface area (Å²) in [4.78, 5) is 0. The van der Waals surface area contributed by atoms with Gasteiger partial charge in [0.1, 0.15) is 36.3 Å². The maximum absolute atomic E-state index is 11.1. The molecule has 2 aromatic rings. The van der Waals surface area contributed by atoms with Crippen molar-refractivity contribution in [2.75, 3.05) is 19.8 Å². The molecule has 33 heavy (non-hydrogen) atoms. The van der Waals surface area contributed by atoms with E-state index in [1.165, 1.54) is 18.2 Å². The van der Waals surface area contributed by atoms with Gasteiger partial charge < -0.3 is 39.7 Å². The summed E-state index contributed by atoms with van der Waals surface area (Å²) in [6.45, 7) is 0.591. The first-order chi connectivity index (χ1) is 15.9. The van der Waals surface area contributed by atoms with E-state index in [4.69, 9.17) is 14.2 Å². The molecule has 2 heterocycles. The Bertz CT molecular complexity index is 999. The fourth-order valence-corrected chi connectivity index (χ4v) is 4.17. The summed E-state index contributed by atoms with van der Waals surface area (Å²) in [5, 5.41) is 60.6. The van der Waals surface area contributed by atoms with E-state index in [9.17, 15) is 30.8 Å². The average molecular weight is 457 g/mol. The Morgan fingerprint density at radius 2 is 1.85 bits per heavy atom. The first-order valence-corrected chi connectivity index (χ1v) is 10.8. The summed E-state index contributed by atoms with van der Waals surface area (Å²) in [7, 11) is 0. The van der Waals surface area contributed by atoms with E-state index >= 15 is 0 Å². The molecule has 0 aliphatic carbocycles. The SMILES string of the molecule is N#Cc1ccc([C@]2(O)O[C@H](CO)[C@@H](O)[C@H](O)[C@H]2O)cc1Cc1ccc(O[C@@H]2CCOC2)cc1. The van der Waals surface area contributed by atoms with Crippen LogP contribution in [0.4, 0.5) is 0 Å². The van der Waals surface area contributed by atoms with Crippen LogP contribution >= 0.6 is 0 Å². The van der Waals surface area contributed by atoms with Gasteiger partial charge in [-0.05, 0) is 41.8 Å². The maximum Gasteiger partial charge on any atom is 0.222 e. The lowest BCUT2D eigenvalue weighted by Crippen LogP contribution is -2.63. The number of ether oxygens (including phenoxy) is 3. The van der Waals surface area contributed by atoms with Gasteiger partial charge in [0, 0.05) is 12.0 Å². The quantitative estimate of drug-likeness (QED) is 0.401. The number of rotatable bonds is 6. The Labute approximate surface area is 191 Å². The van der Waals surface area contributed by atoms with Crippen LogP contribution in [0.25, 0.3) is 0 Å². The van der Waals surface area contributed by atoms with Crippen molar-refractivity contribution in [3.63, 3.8) is 0 Å². The molecule has 2 aromatic carbocycles. The number of hydrogen-bond donors (Lipinski definition) is 5.